The molecule has 1 atom stereocenters. The van der Waals surface area contributed by atoms with Crippen LogP contribution in [0.15, 0.2) is 18.2 Å². The van der Waals surface area contributed by atoms with Gasteiger partial charge in [0.05, 0.1) is 16.1 Å². The predicted molar refractivity (Wildman–Crippen MR) is 79.8 cm³/mol. The lowest BCUT2D eigenvalue weighted by molar-refractivity contribution is 0.514. The van der Waals surface area contributed by atoms with E-state index in [0.29, 0.717) is 12.0 Å². The minimum atomic E-state index is 0.384. The van der Waals surface area contributed by atoms with Gasteiger partial charge in [0.15, 0.2) is 0 Å². The van der Waals surface area contributed by atoms with Gasteiger partial charge in [0.2, 0.25) is 0 Å². The van der Waals surface area contributed by atoms with Crippen molar-refractivity contribution < 1.29 is 0 Å². The maximum atomic E-state index is 6.36. The van der Waals surface area contributed by atoms with Crippen LogP contribution in [0.25, 0.3) is 11.0 Å². The normalized spacial score (nSPS) is 19.7. The van der Waals surface area contributed by atoms with Crippen LogP contribution in [0.3, 0.4) is 0 Å². The van der Waals surface area contributed by atoms with Gasteiger partial charge in [-0.25, -0.2) is 4.98 Å². The number of nitrogens with one attached hydrogen (secondary N) is 1. The molecule has 1 N–H and O–H groups in total. The lowest BCUT2D eigenvalue weighted by Crippen LogP contribution is -2.14. The molecule has 1 unspecified atom stereocenters. The van der Waals surface area contributed by atoms with Crippen LogP contribution in [0.2, 0.25) is 5.02 Å². The van der Waals surface area contributed by atoms with Gasteiger partial charge >= 0.3 is 0 Å². The van der Waals surface area contributed by atoms with Crippen molar-refractivity contribution in [2.45, 2.75) is 32.7 Å². The van der Waals surface area contributed by atoms with E-state index in [1.807, 2.05) is 12.1 Å². The molecule has 1 saturated heterocycles. The maximum absolute atomic E-state index is 6.36. The fourth-order valence-electron chi connectivity index (χ4n) is 3.00. The molecule has 1 aromatic carbocycles. The summed E-state index contributed by atoms with van der Waals surface area (Å²) >= 11 is 6.36. The maximum Gasteiger partial charge on any atom is 0.110 e. The van der Waals surface area contributed by atoms with E-state index in [2.05, 4.69) is 29.8 Å². The van der Waals surface area contributed by atoms with Crippen LogP contribution < -0.4 is 5.32 Å². The second-order valence-electron chi connectivity index (χ2n) is 5.66. The van der Waals surface area contributed by atoms with Crippen molar-refractivity contribution in [1.82, 2.24) is 14.9 Å². The summed E-state index contributed by atoms with van der Waals surface area (Å²) in [5.41, 5.74) is 2.10. The Kier molecular flexibility index (Phi) is 3.50. The van der Waals surface area contributed by atoms with E-state index in [9.17, 15) is 0 Å². The Bertz CT molecular complexity index is 582. The third-order valence-corrected chi connectivity index (χ3v) is 4.19. The van der Waals surface area contributed by atoms with Gasteiger partial charge in [0.25, 0.3) is 0 Å². The third-order valence-electron chi connectivity index (χ3n) is 3.88. The van der Waals surface area contributed by atoms with Crippen LogP contribution in [-0.2, 0) is 6.42 Å². The van der Waals surface area contributed by atoms with E-state index < -0.39 is 0 Å². The quantitative estimate of drug-likeness (QED) is 0.932. The molecule has 19 heavy (non-hydrogen) atoms. The summed E-state index contributed by atoms with van der Waals surface area (Å²) in [7, 11) is 0. The van der Waals surface area contributed by atoms with Crippen molar-refractivity contribution in [2.75, 3.05) is 13.1 Å². The first-order valence-corrected chi connectivity index (χ1v) is 7.40. The van der Waals surface area contributed by atoms with Crippen LogP contribution in [0.5, 0.6) is 0 Å². The Hall–Kier alpha value is -1.06. The zero-order valence-corrected chi connectivity index (χ0v) is 12.2. The number of rotatable bonds is 3. The Labute approximate surface area is 119 Å². The molecule has 4 heteroatoms. The van der Waals surface area contributed by atoms with Crippen LogP contribution in [0.1, 0.15) is 32.1 Å². The van der Waals surface area contributed by atoms with Crippen LogP contribution in [0, 0.1) is 5.92 Å². The number of halogens is 1. The Morgan fingerprint density at radius 2 is 2.32 bits per heavy atom. The van der Waals surface area contributed by atoms with E-state index in [1.54, 1.807) is 0 Å². The highest BCUT2D eigenvalue weighted by atomic mass is 35.5. The molecular formula is C15H20ClN3. The van der Waals surface area contributed by atoms with Crippen LogP contribution >= 0.6 is 11.6 Å². The van der Waals surface area contributed by atoms with E-state index in [0.717, 1.165) is 35.6 Å². The van der Waals surface area contributed by atoms with Crippen molar-refractivity contribution in [3.8, 4) is 0 Å². The first kappa shape index (κ1) is 12.9. The summed E-state index contributed by atoms with van der Waals surface area (Å²) in [6, 6.07) is 6.36. The molecule has 0 saturated carbocycles. The highest BCUT2D eigenvalue weighted by Gasteiger charge is 2.21. The minimum Gasteiger partial charge on any atom is -0.324 e. The number of nitrogens with zero attached hydrogens (tertiary/aromatic N) is 2. The average Bonchev–Trinajstić information content (AvgIpc) is 2.97. The number of fused-ring (bicyclic) bond motifs is 1. The third kappa shape index (κ3) is 2.37. The Morgan fingerprint density at radius 3 is 3.00 bits per heavy atom. The van der Waals surface area contributed by atoms with Crippen molar-refractivity contribution in [1.29, 1.82) is 0 Å². The molecular weight excluding hydrogens is 258 g/mol. The molecule has 102 valence electrons. The van der Waals surface area contributed by atoms with Gasteiger partial charge in [-0.2, -0.15) is 0 Å². The van der Waals surface area contributed by atoms with Gasteiger partial charge in [0, 0.05) is 12.5 Å². The molecule has 2 heterocycles. The second kappa shape index (κ2) is 5.14. The highest BCUT2D eigenvalue weighted by molar-refractivity contribution is 6.35. The SMILES string of the molecule is CC(C)n1c(CC2CCNC2)nc2cccc(Cl)c21. The molecule has 1 aromatic heterocycles. The summed E-state index contributed by atoms with van der Waals surface area (Å²) in [6.07, 6.45) is 2.28. The molecule has 0 amide bonds. The number of para-hydroxylation sites is 1. The lowest BCUT2D eigenvalue weighted by atomic mass is 10.0. The molecule has 0 spiro atoms. The molecule has 2 aromatic rings. The minimum absolute atomic E-state index is 0.384. The Balaban J connectivity index is 2.07. The van der Waals surface area contributed by atoms with Crippen molar-refractivity contribution >= 4 is 22.6 Å². The summed E-state index contributed by atoms with van der Waals surface area (Å²) in [5, 5.41) is 4.22. The number of aromatic nitrogens is 2. The zero-order chi connectivity index (χ0) is 13.4. The molecule has 1 aliphatic heterocycles. The van der Waals surface area contributed by atoms with E-state index in [-0.39, 0.29) is 0 Å². The van der Waals surface area contributed by atoms with Gasteiger partial charge in [-0.3, -0.25) is 0 Å². The number of imidazole rings is 1. The second-order valence-corrected chi connectivity index (χ2v) is 6.07. The monoisotopic (exact) mass is 277 g/mol. The number of hydrogen-bond donors (Lipinski definition) is 1. The predicted octanol–water partition coefficient (Wildman–Crippen LogP) is 3.42. The first-order valence-electron chi connectivity index (χ1n) is 7.03. The van der Waals surface area contributed by atoms with Gasteiger partial charge < -0.3 is 9.88 Å². The van der Waals surface area contributed by atoms with E-state index in [1.165, 1.54) is 12.2 Å². The summed E-state index contributed by atoms with van der Waals surface area (Å²) in [4.78, 5) is 4.81. The van der Waals surface area contributed by atoms with E-state index >= 15 is 0 Å². The molecule has 3 rings (SSSR count). The molecule has 0 aliphatic carbocycles. The molecule has 3 nitrogen and oxygen atoms in total. The topological polar surface area (TPSA) is 29.9 Å². The van der Waals surface area contributed by atoms with Crippen LogP contribution in [-0.4, -0.2) is 22.6 Å². The largest absolute Gasteiger partial charge is 0.324 e. The molecule has 0 radical (unpaired) electrons. The van der Waals surface area contributed by atoms with Crippen molar-refractivity contribution in [3.63, 3.8) is 0 Å². The van der Waals surface area contributed by atoms with Crippen molar-refractivity contribution in [2.24, 2.45) is 5.92 Å². The Morgan fingerprint density at radius 1 is 1.47 bits per heavy atom. The summed E-state index contributed by atoms with van der Waals surface area (Å²) < 4.78 is 2.30. The molecule has 1 aliphatic rings. The van der Waals surface area contributed by atoms with Crippen LogP contribution in [0.4, 0.5) is 0 Å². The standard InChI is InChI=1S/C15H20ClN3/c1-10(2)19-14(8-11-6-7-17-9-11)18-13-5-3-4-12(16)15(13)19/h3-5,10-11,17H,6-9H2,1-2H3. The fraction of sp³-hybridized carbons (Fsp3) is 0.533. The van der Waals surface area contributed by atoms with E-state index in [4.69, 9.17) is 16.6 Å². The average molecular weight is 278 g/mol. The van der Waals surface area contributed by atoms with Gasteiger partial charge in [-0.1, -0.05) is 17.7 Å². The zero-order valence-electron chi connectivity index (χ0n) is 11.5. The summed E-state index contributed by atoms with van der Waals surface area (Å²) in [5.74, 6) is 1.87. The van der Waals surface area contributed by atoms with Crippen molar-refractivity contribution in [3.05, 3.63) is 29.0 Å². The number of benzene rings is 1. The van der Waals surface area contributed by atoms with Gasteiger partial charge in [-0.15, -0.1) is 0 Å². The lowest BCUT2D eigenvalue weighted by Gasteiger charge is -2.15. The highest BCUT2D eigenvalue weighted by Crippen LogP contribution is 2.29. The molecule has 0 bridgehead atoms. The summed E-state index contributed by atoms with van der Waals surface area (Å²) in [6.45, 7) is 6.63. The van der Waals surface area contributed by atoms with Gasteiger partial charge in [-0.05, 0) is 51.4 Å². The first-order chi connectivity index (χ1) is 9.16. The smallest absolute Gasteiger partial charge is 0.110 e. The molecule has 1 fully saturated rings. The fourth-order valence-corrected chi connectivity index (χ4v) is 3.26. The number of hydrogen-bond acceptors (Lipinski definition) is 2. The van der Waals surface area contributed by atoms with Gasteiger partial charge in [0.1, 0.15) is 5.82 Å².